The molecule has 0 saturated carbocycles. The molecule has 6 heteroatoms. The fraction of sp³-hybridized carbons (Fsp3) is 0.412. The van der Waals surface area contributed by atoms with E-state index in [4.69, 9.17) is 14.6 Å². The summed E-state index contributed by atoms with van der Waals surface area (Å²) in [6, 6.07) is 5.35. The van der Waals surface area contributed by atoms with Gasteiger partial charge >= 0.3 is 5.97 Å². The molecule has 0 fully saturated rings. The molecule has 0 bridgehead atoms. The first-order valence-corrected chi connectivity index (χ1v) is 7.17. The number of hydrogen-bond donors (Lipinski definition) is 1. The molecule has 0 spiro atoms. The number of nitrogens with zero attached hydrogens (tertiary/aromatic N) is 1. The molecule has 0 aliphatic rings. The zero-order valence-electron chi connectivity index (χ0n) is 14.1. The Labute approximate surface area is 136 Å². The van der Waals surface area contributed by atoms with Crippen LogP contribution < -0.4 is 9.47 Å². The van der Waals surface area contributed by atoms with Crippen molar-refractivity contribution < 1.29 is 24.2 Å². The second-order valence-corrected chi connectivity index (χ2v) is 5.52. The van der Waals surface area contributed by atoms with Gasteiger partial charge in [0.1, 0.15) is 5.54 Å². The van der Waals surface area contributed by atoms with Crippen molar-refractivity contribution in [3.8, 4) is 11.5 Å². The number of amides is 1. The quantitative estimate of drug-likeness (QED) is 0.834. The predicted molar refractivity (Wildman–Crippen MR) is 87.7 cm³/mol. The maximum Gasteiger partial charge on any atom is 0.329 e. The molecular formula is C17H23NO5. The topological polar surface area (TPSA) is 76.1 Å². The van der Waals surface area contributed by atoms with E-state index in [2.05, 4.69) is 0 Å². The summed E-state index contributed by atoms with van der Waals surface area (Å²) in [5.41, 5.74) is -0.354. The van der Waals surface area contributed by atoms with Gasteiger partial charge in [0, 0.05) is 7.05 Å². The molecule has 0 aliphatic carbocycles. The minimum absolute atomic E-state index is 0.271. The molecule has 1 N–H and O–H groups in total. The number of carboxylic acid groups (broad SMARTS) is 1. The largest absolute Gasteiger partial charge is 0.493 e. The Morgan fingerprint density at radius 2 is 1.96 bits per heavy atom. The molecule has 0 heterocycles. The van der Waals surface area contributed by atoms with Crippen LogP contribution in [0.3, 0.4) is 0 Å². The number of aliphatic carboxylic acids is 1. The Kier molecular flexibility index (Phi) is 6.18. The lowest BCUT2D eigenvalue weighted by Gasteiger charge is -2.31. The van der Waals surface area contributed by atoms with Gasteiger partial charge in [0.05, 0.1) is 7.11 Å². The predicted octanol–water partition coefficient (Wildman–Crippen LogP) is 2.43. The van der Waals surface area contributed by atoms with Gasteiger partial charge in [-0.05, 0) is 38.5 Å². The number of likely N-dealkylation sites (N-methyl/N-ethyl adjacent to an activating group) is 1. The van der Waals surface area contributed by atoms with Crippen molar-refractivity contribution in [1.29, 1.82) is 0 Å². The zero-order chi connectivity index (χ0) is 17.6. The van der Waals surface area contributed by atoms with Gasteiger partial charge < -0.3 is 19.5 Å². The number of benzene rings is 1. The monoisotopic (exact) mass is 321 g/mol. The van der Waals surface area contributed by atoms with Crippen LogP contribution in [-0.2, 0) is 9.59 Å². The normalized spacial score (nSPS) is 11.3. The van der Waals surface area contributed by atoms with E-state index >= 15 is 0 Å². The Bertz CT molecular complexity index is 607. The molecule has 126 valence electrons. The van der Waals surface area contributed by atoms with E-state index in [1.807, 2.05) is 25.1 Å². The molecule has 23 heavy (non-hydrogen) atoms. The van der Waals surface area contributed by atoms with E-state index in [9.17, 15) is 9.59 Å². The van der Waals surface area contributed by atoms with Crippen LogP contribution in [0, 0.1) is 0 Å². The van der Waals surface area contributed by atoms with Crippen molar-refractivity contribution in [3.63, 3.8) is 0 Å². The number of carbonyl (C=O) groups excluding carboxylic acids is 1. The third kappa shape index (κ3) is 4.48. The van der Waals surface area contributed by atoms with Crippen molar-refractivity contribution in [2.45, 2.75) is 26.3 Å². The standard InChI is InChI=1S/C17H23NO5/c1-6-7-12-8-9-13(14(10-12)22-5)23-11-15(19)18(4)17(2,3)16(20)21/h6-10H,11H2,1-5H3,(H,20,21)/b7-6+. The number of hydrogen-bond acceptors (Lipinski definition) is 4. The summed E-state index contributed by atoms with van der Waals surface area (Å²) >= 11 is 0. The third-order valence-electron chi connectivity index (χ3n) is 3.63. The molecule has 1 amide bonds. The van der Waals surface area contributed by atoms with Gasteiger partial charge in [-0.3, -0.25) is 4.79 Å². The van der Waals surface area contributed by atoms with Crippen molar-refractivity contribution in [1.82, 2.24) is 4.90 Å². The fourth-order valence-electron chi connectivity index (χ4n) is 1.79. The summed E-state index contributed by atoms with van der Waals surface area (Å²) < 4.78 is 10.7. The molecule has 0 unspecified atom stereocenters. The van der Waals surface area contributed by atoms with Gasteiger partial charge in [0.2, 0.25) is 0 Å². The summed E-state index contributed by atoms with van der Waals surface area (Å²) in [7, 11) is 2.95. The van der Waals surface area contributed by atoms with Gasteiger partial charge in [-0.15, -0.1) is 0 Å². The smallest absolute Gasteiger partial charge is 0.329 e. The maximum absolute atomic E-state index is 12.1. The molecule has 1 aromatic rings. The van der Waals surface area contributed by atoms with E-state index in [0.717, 1.165) is 10.5 Å². The second-order valence-electron chi connectivity index (χ2n) is 5.52. The highest BCUT2D eigenvalue weighted by atomic mass is 16.5. The lowest BCUT2D eigenvalue weighted by Crippen LogP contribution is -2.52. The average molecular weight is 321 g/mol. The molecule has 0 radical (unpaired) electrons. The molecule has 0 saturated heterocycles. The Morgan fingerprint density at radius 3 is 2.48 bits per heavy atom. The number of methoxy groups -OCH3 is 1. The van der Waals surface area contributed by atoms with Crippen LogP contribution in [0.1, 0.15) is 26.3 Å². The van der Waals surface area contributed by atoms with Crippen LogP contribution in [0.5, 0.6) is 11.5 Å². The van der Waals surface area contributed by atoms with Crippen LogP contribution in [0.2, 0.25) is 0 Å². The molecule has 0 atom stereocenters. The molecular weight excluding hydrogens is 298 g/mol. The summed E-state index contributed by atoms with van der Waals surface area (Å²) in [6.45, 7) is 4.56. The summed E-state index contributed by atoms with van der Waals surface area (Å²) in [5, 5.41) is 9.15. The minimum Gasteiger partial charge on any atom is -0.493 e. The first-order chi connectivity index (χ1) is 10.7. The summed E-state index contributed by atoms with van der Waals surface area (Å²) in [6.07, 6.45) is 3.82. The molecule has 0 aromatic heterocycles. The van der Waals surface area contributed by atoms with Crippen LogP contribution >= 0.6 is 0 Å². The molecule has 0 aliphatic heterocycles. The Morgan fingerprint density at radius 1 is 1.30 bits per heavy atom. The first-order valence-electron chi connectivity index (χ1n) is 7.17. The third-order valence-corrected chi connectivity index (χ3v) is 3.63. The SMILES string of the molecule is C/C=C/c1ccc(OCC(=O)N(C)C(C)(C)C(=O)O)c(OC)c1. The van der Waals surface area contributed by atoms with Crippen molar-refractivity contribution in [2.24, 2.45) is 0 Å². The van der Waals surface area contributed by atoms with Crippen LogP contribution in [-0.4, -0.2) is 48.2 Å². The van der Waals surface area contributed by atoms with Crippen molar-refractivity contribution in [2.75, 3.05) is 20.8 Å². The lowest BCUT2D eigenvalue weighted by molar-refractivity contribution is -0.156. The van der Waals surface area contributed by atoms with E-state index < -0.39 is 17.4 Å². The van der Waals surface area contributed by atoms with Crippen molar-refractivity contribution in [3.05, 3.63) is 29.8 Å². The van der Waals surface area contributed by atoms with Crippen molar-refractivity contribution >= 4 is 18.0 Å². The highest BCUT2D eigenvalue weighted by Crippen LogP contribution is 2.28. The van der Waals surface area contributed by atoms with Crippen LogP contribution in [0.25, 0.3) is 6.08 Å². The van der Waals surface area contributed by atoms with E-state index in [1.165, 1.54) is 28.0 Å². The van der Waals surface area contributed by atoms with E-state index in [1.54, 1.807) is 12.1 Å². The number of ether oxygens (including phenoxy) is 2. The van der Waals surface area contributed by atoms with Gasteiger partial charge in [-0.1, -0.05) is 18.2 Å². The van der Waals surface area contributed by atoms with Crippen LogP contribution in [0.4, 0.5) is 0 Å². The van der Waals surface area contributed by atoms with Crippen LogP contribution in [0.15, 0.2) is 24.3 Å². The zero-order valence-corrected chi connectivity index (χ0v) is 14.1. The van der Waals surface area contributed by atoms with Gasteiger partial charge in [0.25, 0.3) is 5.91 Å². The van der Waals surface area contributed by atoms with Gasteiger partial charge in [-0.25, -0.2) is 4.79 Å². The van der Waals surface area contributed by atoms with Gasteiger partial charge in [-0.2, -0.15) is 0 Å². The van der Waals surface area contributed by atoms with Gasteiger partial charge in [0.15, 0.2) is 18.1 Å². The number of carbonyl (C=O) groups is 2. The summed E-state index contributed by atoms with van der Waals surface area (Å²) in [5.74, 6) is -0.581. The second kappa shape index (κ2) is 7.67. The van der Waals surface area contributed by atoms with E-state index in [0.29, 0.717) is 11.5 Å². The highest BCUT2D eigenvalue weighted by molar-refractivity contribution is 5.86. The fourth-order valence-corrected chi connectivity index (χ4v) is 1.79. The number of rotatable bonds is 7. The maximum atomic E-state index is 12.1. The minimum atomic E-state index is -1.31. The van der Waals surface area contributed by atoms with E-state index in [-0.39, 0.29) is 6.61 Å². The summed E-state index contributed by atoms with van der Waals surface area (Å²) in [4.78, 5) is 24.5. The highest BCUT2D eigenvalue weighted by Gasteiger charge is 2.35. The average Bonchev–Trinajstić information content (AvgIpc) is 2.52. The molecule has 6 nitrogen and oxygen atoms in total. The lowest BCUT2D eigenvalue weighted by atomic mass is 10.0. The molecule has 1 rings (SSSR count). The number of carboxylic acids is 1. The Balaban J connectivity index is 2.82. The number of allylic oxidation sites excluding steroid dienone is 1. The Hall–Kier alpha value is -2.50. The molecule has 1 aromatic carbocycles. The first kappa shape index (κ1) is 18.5.